The van der Waals surface area contributed by atoms with Gasteiger partial charge in [0.1, 0.15) is 6.61 Å². The molecule has 1 unspecified atom stereocenters. The van der Waals surface area contributed by atoms with Crippen LogP contribution in [0.1, 0.15) is 54.9 Å². The van der Waals surface area contributed by atoms with Gasteiger partial charge in [0.2, 0.25) is 0 Å². The lowest BCUT2D eigenvalue weighted by Gasteiger charge is -2.11. The summed E-state index contributed by atoms with van der Waals surface area (Å²) in [4.78, 5) is 33.7. The number of rotatable bonds is 10. The molecular formula is C17H22O6. The first kappa shape index (κ1) is 18.7. The Balaban J connectivity index is 2.43. The maximum atomic E-state index is 11.7. The Morgan fingerprint density at radius 1 is 1.17 bits per heavy atom. The molecule has 1 rings (SSSR count). The standard InChI is InChI=1S/C17H22O6/c1-2-3-6-13(16(19)20)8-9-15(18)23-11-12-5-4-7-14(10-12)17(21)22/h4-5,7,10,13H,2-3,6,8-9,11H2,1H3,(H,19,20)(H,21,22). The second-order valence-corrected chi connectivity index (χ2v) is 5.38. The molecular weight excluding hydrogens is 300 g/mol. The van der Waals surface area contributed by atoms with Crippen molar-refractivity contribution in [2.45, 2.75) is 45.6 Å². The summed E-state index contributed by atoms with van der Waals surface area (Å²) in [6.07, 6.45) is 2.57. The van der Waals surface area contributed by atoms with Crippen LogP contribution in [-0.2, 0) is 20.9 Å². The number of esters is 1. The van der Waals surface area contributed by atoms with E-state index in [1.54, 1.807) is 12.1 Å². The van der Waals surface area contributed by atoms with Crippen molar-refractivity contribution in [1.29, 1.82) is 0 Å². The zero-order valence-corrected chi connectivity index (χ0v) is 13.2. The zero-order valence-electron chi connectivity index (χ0n) is 13.2. The highest BCUT2D eigenvalue weighted by Crippen LogP contribution is 2.16. The number of hydrogen-bond donors (Lipinski definition) is 2. The first-order valence-corrected chi connectivity index (χ1v) is 7.64. The van der Waals surface area contributed by atoms with Crippen LogP contribution in [0.25, 0.3) is 0 Å². The van der Waals surface area contributed by atoms with Crippen LogP contribution in [0, 0.1) is 5.92 Å². The molecule has 0 aliphatic rings. The molecule has 6 nitrogen and oxygen atoms in total. The molecule has 6 heteroatoms. The summed E-state index contributed by atoms with van der Waals surface area (Å²) in [6, 6.07) is 6.15. The molecule has 0 aliphatic heterocycles. The Bertz CT molecular complexity index is 552. The normalized spacial score (nSPS) is 11.7. The van der Waals surface area contributed by atoms with Crippen molar-refractivity contribution < 1.29 is 29.3 Å². The van der Waals surface area contributed by atoms with E-state index in [2.05, 4.69) is 0 Å². The van der Waals surface area contributed by atoms with E-state index in [1.807, 2.05) is 6.92 Å². The Kier molecular flexibility index (Phi) is 7.80. The number of carboxylic acids is 2. The molecule has 0 saturated carbocycles. The fourth-order valence-electron chi connectivity index (χ4n) is 2.16. The number of aromatic carboxylic acids is 1. The Hall–Kier alpha value is -2.37. The number of carbonyl (C=O) groups excluding carboxylic acids is 1. The van der Waals surface area contributed by atoms with Gasteiger partial charge in [-0.05, 0) is 30.5 Å². The van der Waals surface area contributed by atoms with Crippen molar-refractivity contribution in [2.75, 3.05) is 0 Å². The van der Waals surface area contributed by atoms with Crippen LogP contribution in [0.15, 0.2) is 24.3 Å². The Labute approximate surface area is 135 Å². The van der Waals surface area contributed by atoms with E-state index in [0.29, 0.717) is 12.0 Å². The van der Waals surface area contributed by atoms with Crippen LogP contribution < -0.4 is 0 Å². The number of aliphatic carboxylic acids is 1. The van der Waals surface area contributed by atoms with E-state index in [1.165, 1.54) is 12.1 Å². The third-order valence-electron chi connectivity index (χ3n) is 3.53. The minimum absolute atomic E-state index is 0.0212. The highest BCUT2D eigenvalue weighted by molar-refractivity contribution is 5.87. The summed E-state index contributed by atoms with van der Waals surface area (Å²) < 4.78 is 5.07. The van der Waals surface area contributed by atoms with Crippen molar-refractivity contribution in [3.8, 4) is 0 Å². The monoisotopic (exact) mass is 322 g/mol. The van der Waals surface area contributed by atoms with Crippen LogP contribution >= 0.6 is 0 Å². The number of ether oxygens (including phenoxy) is 1. The molecule has 0 aliphatic carbocycles. The summed E-state index contributed by atoms with van der Waals surface area (Å²) in [7, 11) is 0. The number of unbranched alkanes of at least 4 members (excludes halogenated alkanes) is 1. The molecule has 0 spiro atoms. The van der Waals surface area contributed by atoms with Gasteiger partial charge in [-0.3, -0.25) is 9.59 Å². The van der Waals surface area contributed by atoms with Gasteiger partial charge in [-0.25, -0.2) is 4.79 Å². The van der Waals surface area contributed by atoms with Crippen molar-refractivity contribution >= 4 is 17.9 Å². The van der Waals surface area contributed by atoms with E-state index >= 15 is 0 Å². The van der Waals surface area contributed by atoms with Crippen LogP contribution in [0.3, 0.4) is 0 Å². The average molecular weight is 322 g/mol. The van der Waals surface area contributed by atoms with Crippen LogP contribution in [0.5, 0.6) is 0 Å². The predicted octanol–water partition coefficient (Wildman–Crippen LogP) is 3.10. The van der Waals surface area contributed by atoms with E-state index in [9.17, 15) is 14.4 Å². The number of hydrogen-bond acceptors (Lipinski definition) is 4. The molecule has 0 radical (unpaired) electrons. The molecule has 0 aromatic heterocycles. The second-order valence-electron chi connectivity index (χ2n) is 5.38. The van der Waals surface area contributed by atoms with Crippen molar-refractivity contribution in [1.82, 2.24) is 0 Å². The van der Waals surface area contributed by atoms with Crippen molar-refractivity contribution in [2.24, 2.45) is 5.92 Å². The van der Waals surface area contributed by atoms with Crippen molar-refractivity contribution in [3.63, 3.8) is 0 Å². The van der Waals surface area contributed by atoms with E-state index in [0.717, 1.165) is 12.8 Å². The molecule has 1 aromatic carbocycles. The molecule has 23 heavy (non-hydrogen) atoms. The molecule has 0 heterocycles. The summed E-state index contributed by atoms with van der Waals surface area (Å²) in [5.41, 5.74) is 0.711. The van der Waals surface area contributed by atoms with Gasteiger partial charge in [-0.15, -0.1) is 0 Å². The van der Waals surface area contributed by atoms with E-state index in [4.69, 9.17) is 14.9 Å². The van der Waals surface area contributed by atoms with Crippen LogP contribution in [-0.4, -0.2) is 28.1 Å². The lowest BCUT2D eigenvalue weighted by molar-refractivity contribution is -0.146. The van der Waals surface area contributed by atoms with Gasteiger partial charge in [-0.1, -0.05) is 31.9 Å². The molecule has 1 aromatic rings. The summed E-state index contributed by atoms with van der Waals surface area (Å²) in [6.45, 7) is 1.96. The molecule has 126 valence electrons. The molecule has 2 N–H and O–H groups in total. The molecule has 0 bridgehead atoms. The van der Waals surface area contributed by atoms with Gasteiger partial charge < -0.3 is 14.9 Å². The molecule has 0 amide bonds. The van der Waals surface area contributed by atoms with Gasteiger partial charge >= 0.3 is 17.9 Å². The lowest BCUT2D eigenvalue weighted by Crippen LogP contribution is -2.16. The SMILES string of the molecule is CCCCC(CCC(=O)OCc1cccc(C(=O)O)c1)C(=O)O. The van der Waals surface area contributed by atoms with Gasteiger partial charge in [0.25, 0.3) is 0 Å². The fraction of sp³-hybridized carbons (Fsp3) is 0.471. The summed E-state index contributed by atoms with van der Waals surface area (Å²) >= 11 is 0. The third-order valence-corrected chi connectivity index (χ3v) is 3.53. The number of benzene rings is 1. The lowest BCUT2D eigenvalue weighted by atomic mass is 9.97. The minimum atomic E-state index is -1.04. The van der Waals surface area contributed by atoms with Gasteiger partial charge in [0, 0.05) is 6.42 Å². The Morgan fingerprint density at radius 2 is 1.91 bits per heavy atom. The molecule has 0 fully saturated rings. The summed E-state index contributed by atoms with van der Waals surface area (Å²) in [5, 5.41) is 18.0. The minimum Gasteiger partial charge on any atom is -0.481 e. The quantitative estimate of drug-likeness (QED) is 0.642. The average Bonchev–Trinajstić information content (AvgIpc) is 2.52. The fourth-order valence-corrected chi connectivity index (χ4v) is 2.16. The first-order chi connectivity index (χ1) is 10.9. The largest absolute Gasteiger partial charge is 0.481 e. The molecule has 1 atom stereocenters. The molecule has 0 saturated heterocycles. The van der Waals surface area contributed by atoms with Gasteiger partial charge in [0.15, 0.2) is 0 Å². The zero-order chi connectivity index (χ0) is 17.2. The van der Waals surface area contributed by atoms with Crippen molar-refractivity contribution in [3.05, 3.63) is 35.4 Å². The third kappa shape index (κ3) is 6.95. The van der Waals surface area contributed by atoms with Gasteiger partial charge in [-0.2, -0.15) is 0 Å². The maximum absolute atomic E-state index is 11.7. The van der Waals surface area contributed by atoms with Crippen LogP contribution in [0.2, 0.25) is 0 Å². The predicted molar refractivity (Wildman–Crippen MR) is 83.1 cm³/mol. The van der Waals surface area contributed by atoms with Crippen LogP contribution in [0.4, 0.5) is 0 Å². The Morgan fingerprint density at radius 3 is 2.52 bits per heavy atom. The van der Waals surface area contributed by atoms with E-state index < -0.39 is 23.8 Å². The summed E-state index contributed by atoms with van der Waals surface area (Å²) in [5.74, 6) is -2.94. The topological polar surface area (TPSA) is 101 Å². The smallest absolute Gasteiger partial charge is 0.335 e. The van der Waals surface area contributed by atoms with Gasteiger partial charge in [0.05, 0.1) is 11.5 Å². The first-order valence-electron chi connectivity index (χ1n) is 7.64. The number of carboxylic acid groups (broad SMARTS) is 2. The highest BCUT2D eigenvalue weighted by Gasteiger charge is 2.18. The maximum Gasteiger partial charge on any atom is 0.335 e. The van der Waals surface area contributed by atoms with E-state index in [-0.39, 0.29) is 25.0 Å². The second kappa shape index (κ2) is 9.61. The highest BCUT2D eigenvalue weighted by atomic mass is 16.5. The number of carbonyl (C=O) groups is 3.